The molecule has 1 aromatic heterocycles. The van der Waals surface area contributed by atoms with Crippen LogP contribution in [0, 0.1) is 11.3 Å². The number of rotatable bonds is 9. The Morgan fingerprint density at radius 3 is 2.71 bits per heavy atom. The average molecular weight is 295 g/mol. The second-order valence-corrected chi connectivity index (χ2v) is 6.55. The first-order valence-corrected chi connectivity index (χ1v) is 7.74. The number of nitrogens with one attached hydrogen (secondary N) is 1. The van der Waals surface area contributed by atoms with Crippen molar-refractivity contribution in [1.82, 2.24) is 20.3 Å². The molecule has 6 heteroatoms. The largest absolute Gasteiger partial charge is 0.356 e. The van der Waals surface area contributed by atoms with Crippen molar-refractivity contribution in [3.63, 3.8) is 0 Å². The molecule has 1 atom stereocenters. The van der Waals surface area contributed by atoms with Gasteiger partial charge in [-0.3, -0.25) is 9.48 Å². The smallest absolute Gasteiger partial charge is 0.220 e. The molecule has 0 bridgehead atoms. The Hall–Kier alpha value is -1.43. The molecule has 0 saturated carbocycles. The number of nitrogens with zero attached hydrogens (tertiary/aromatic N) is 3. The minimum atomic E-state index is 0.125. The molecule has 1 rings (SSSR count). The Labute approximate surface area is 127 Å². The molecule has 0 aromatic carbocycles. The van der Waals surface area contributed by atoms with Crippen LogP contribution in [0.5, 0.6) is 0 Å². The molecular formula is C15H29N5O. The Morgan fingerprint density at radius 2 is 2.14 bits per heavy atom. The van der Waals surface area contributed by atoms with Crippen LogP contribution >= 0.6 is 0 Å². The second-order valence-electron chi connectivity index (χ2n) is 6.55. The lowest BCUT2D eigenvalue weighted by Gasteiger charge is -2.30. The van der Waals surface area contributed by atoms with E-state index in [4.69, 9.17) is 5.73 Å². The van der Waals surface area contributed by atoms with Crippen LogP contribution in [0.4, 0.5) is 0 Å². The summed E-state index contributed by atoms with van der Waals surface area (Å²) in [6, 6.07) is 0. The van der Waals surface area contributed by atoms with Crippen LogP contribution in [-0.4, -0.2) is 34.0 Å². The molecule has 120 valence electrons. The summed E-state index contributed by atoms with van der Waals surface area (Å²) in [6.07, 6.45) is 6.79. The van der Waals surface area contributed by atoms with Crippen molar-refractivity contribution >= 4 is 5.91 Å². The number of hydrogen-bond donors (Lipinski definition) is 2. The molecule has 21 heavy (non-hydrogen) atoms. The van der Waals surface area contributed by atoms with Crippen LogP contribution in [0.1, 0.15) is 46.5 Å². The number of nitrogens with two attached hydrogens (primary N) is 1. The molecular weight excluding hydrogens is 266 g/mol. The molecule has 0 radical (unpaired) electrons. The van der Waals surface area contributed by atoms with Crippen LogP contribution in [0.25, 0.3) is 0 Å². The summed E-state index contributed by atoms with van der Waals surface area (Å²) in [5, 5.41) is 10.6. The fraction of sp³-hybridized carbons (Fsp3) is 0.800. The van der Waals surface area contributed by atoms with Gasteiger partial charge in [-0.25, -0.2) is 0 Å². The van der Waals surface area contributed by atoms with Crippen molar-refractivity contribution in [3.8, 4) is 0 Å². The van der Waals surface area contributed by atoms with Crippen molar-refractivity contribution in [2.24, 2.45) is 17.1 Å². The van der Waals surface area contributed by atoms with E-state index in [1.165, 1.54) is 0 Å². The van der Waals surface area contributed by atoms with Gasteiger partial charge in [-0.1, -0.05) is 26.0 Å². The van der Waals surface area contributed by atoms with E-state index in [2.05, 4.69) is 36.4 Å². The molecule has 3 N–H and O–H groups in total. The third-order valence-electron chi connectivity index (χ3n) is 3.82. The first kappa shape index (κ1) is 17.6. The van der Waals surface area contributed by atoms with Crippen LogP contribution in [0.2, 0.25) is 0 Å². The summed E-state index contributed by atoms with van der Waals surface area (Å²) in [5.74, 6) is 0.614. The highest BCUT2D eigenvalue weighted by Gasteiger charge is 2.24. The maximum absolute atomic E-state index is 11.9. The van der Waals surface area contributed by atoms with Gasteiger partial charge in [-0.15, -0.1) is 5.10 Å². The van der Waals surface area contributed by atoms with Gasteiger partial charge in [0.15, 0.2) is 0 Å². The number of carbonyl (C=O) groups is 1. The molecule has 1 heterocycles. The summed E-state index contributed by atoms with van der Waals surface area (Å²) in [6.45, 7) is 8.77. The molecule has 6 nitrogen and oxygen atoms in total. The average Bonchev–Trinajstić information content (AvgIpc) is 2.91. The van der Waals surface area contributed by atoms with Crippen molar-refractivity contribution in [2.45, 2.75) is 53.0 Å². The van der Waals surface area contributed by atoms with Gasteiger partial charge in [0.1, 0.15) is 0 Å². The molecule has 0 spiro atoms. The van der Waals surface area contributed by atoms with Crippen LogP contribution in [0.15, 0.2) is 12.4 Å². The quantitative estimate of drug-likeness (QED) is 0.677. The van der Waals surface area contributed by atoms with Gasteiger partial charge in [-0.05, 0) is 37.1 Å². The minimum absolute atomic E-state index is 0.125. The van der Waals surface area contributed by atoms with Crippen molar-refractivity contribution in [2.75, 3.05) is 13.1 Å². The molecule has 0 fully saturated rings. The van der Waals surface area contributed by atoms with Gasteiger partial charge in [0, 0.05) is 25.7 Å². The first-order valence-electron chi connectivity index (χ1n) is 7.74. The second kappa shape index (κ2) is 8.77. The third kappa shape index (κ3) is 7.22. The monoisotopic (exact) mass is 295 g/mol. The van der Waals surface area contributed by atoms with E-state index in [1.54, 1.807) is 10.9 Å². The molecule has 1 aromatic rings. The lowest BCUT2D eigenvalue weighted by molar-refractivity contribution is -0.121. The highest BCUT2D eigenvalue weighted by molar-refractivity contribution is 5.75. The van der Waals surface area contributed by atoms with Crippen LogP contribution in [-0.2, 0) is 11.3 Å². The van der Waals surface area contributed by atoms with Crippen LogP contribution < -0.4 is 11.1 Å². The topological polar surface area (TPSA) is 85.8 Å². The fourth-order valence-corrected chi connectivity index (χ4v) is 2.43. The third-order valence-corrected chi connectivity index (χ3v) is 3.82. The molecule has 0 saturated heterocycles. The predicted molar refractivity (Wildman–Crippen MR) is 83.5 cm³/mol. The standard InChI is InChI=1S/C15H29N5O/c1-15(2,3)13(7-8-16)5-6-14(21)17-9-4-11-20-12-10-18-19-20/h10,12-13H,4-9,11,16H2,1-3H3,(H,17,21). The fourth-order valence-electron chi connectivity index (χ4n) is 2.43. The number of carbonyl (C=O) groups excluding carboxylic acids is 1. The lowest BCUT2D eigenvalue weighted by Crippen LogP contribution is -2.28. The zero-order chi connectivity index (χ0) is 15.7. The van der Waals surface area contributed by atoms with E-state index in [9.17, 15) is 4.79 Å². The van der Waals surface area contributed by atoms with Gasteiger partial charge < -0.3 is 11.1 Å². The zero-order valence-corrected chi connectivity index (χ0v) is 13.5. The number of amides is 1. The summed E-state index contributed by atoms with van der Waals surface area (Å²) in [4.78, 5) is 11.9. The van der Waals surface area contributed by atoms with E-state index in [0.717, 1.165) is 25.8 Å². The van der Waals surface area contributed by atoms with E-state index in [-0.39, 0.29) is 11.3 Å². The Morgan fingerprint density at radius 1 is 1.38 bits per heavy atom. The summed E-state index contributed by atoms with van der Waals surface area (Å²) < 4.78 is 1.77. The first-order chi connectivity index (χ1) is 9.93. The minimum Gasteiger partial charge on any atom is -0.356 e. The van der Waals surface area contributed by atoms with Gasteiger partial charge in [0.2, 0.25) is 5.91 Å². The van der Waals surface area contributed by atoms with E-state index >= 15 is 0 Å². The maximum Gasteiger partial charge on any atom is 0.220 e. The summed E-state index contributed by atoms with van der Waals surface area (Å²) >= 11 is 0. The van der Waals surface area contributed by atoms with Crippen molar-refractivity contribution < 1.29 is 4.79 Å². The van der Waals surface area contributed by atoms with Crippen molar-refractivity contribution in [1.29, 1.82) is 0 Å². The molecule has 0 aliphatic rings. The van der Waals surface area contributed by atoms with Crippen molar-refractivity contribution in [3.05, 3.63) is 12.4 Å². The van der Waals surface area contributed by atoms with Crippen LogP contribution in [0.3, 0.4) is 0 Å². The van der Waals surface area contributed by atoms with E-state index in [0.29, 0.717) is 25.4 Å². The summed E-state index contributed by atoms with van der Waals surface area (Å²) in [5.41, 5.74) is 5.86. The number of aryl methyl sites for hydroxylation is 1. The van der Waals surface area contributed by atoms with E-state index in [1.807, 2.05) is 6.20 Å². The SMILES string of the molecule is CC(C)(C)C(CCN)CCC(=O)NCCCn1ccnn1. The van der Waals surface area contributed by atoms with Gasteiger partial charge >= 0.3 is 0 Å². The molecule has 0 aliphatic carbocycles. The highest BCUT2D eigenvalue weighted by Crippen LogP contribution is 2.31. The number of hydrogen-bond acceptors (Lipinski definition) is 4. The Bertz CT molecular complexity index is 397. The summed E-state index contributed by atoms with van der Waals surface area (Å²) in [7, 11) is 0. The van der Waals surface area contributed by atoms with Gasteiger partial charge in [0.05, 0.1) is 6.20 Å². The normalized spacial score (nSPS) is 13.1. The Balaban J connectivity index is 2.17. The number of aromatic nitrogens is 3. The maximum atomic E-state index is 11.9. The van der Waals surface area contributed by atoms with Gasteiger partial charge in [0.25, 0.3) is 0 Å². The lowest BCUT2D eigenvalue weighted by atomic mass is 9.76. The van der Waals surface area contributed by atoms with Gasteiger partial charge in [-0.2, -0.15) is 0 Å². The zero-order valence-electron chi connectivity index (χ0n) is 13.5. The molecule has 1 amide bonds. The molecule has 0 aliphatic heterocycles. The molecule has 1 unspecified atom stereocenters. The predicted octanol–water partition coefficient (Wildman–Crippen LogP) is 1.58. The Kier molecular flexibility index (Phi) is 7.36. The highest BCUT2D eigenvalue weighted by atomic mass is 16.1. The van der Waals surface area contributed by atoms with E-state index < -0.39 is 0 Å².